The van der Waals surface area contributed by atoms with E-state index in [2.05, 4.69) is 18.8 Å². The molecule has 0 atom stereocenters. The third-order valence-electron chi connectivity index (χ3n) is 2.30. The summed E-state index contributed by atoms with van der Waals surface area (Å²) in [5, 5.41) is 0.539. The highest BCUT2D eigenvalue weighted by molar-refractivity contribution is 6.29. The fourth-order valence-corrected chi connectivity index (χ4v) is 1.51. The number of aromatic nitrogens is 1. The van der Waals surface area contributed by atoms with Gasteiger partial charge in [0, 0.05) is 5.56 Å². The molecule has 0 spiro atoms. The molecule has 1 aliphatic carbocycles. The topological polar surface area (TPSA) is 22.1 Å². The predicted molar refractivity (Wildman–Crippen MR) is 57.0 cm³/mol. The molecule has 0 N–H and O–H groups in total. The zero-order valence-electron chi connectivity index (χ0n) is 8.46. The second-order valence-corrected chi connectivity index (χ2v) is 4.40. The minimum Gasteiger partial charge on any atom is -0.489 e. The lowest BCUT2D eigenvalue weighted by Gasteiger charge is -2.13. The van der Waals surface area contributed by atoms with E-state index in [1.807, 2.05) is 6.07 Å². The Hall–Kier alpha value is -0.760. The van der Waals surface area contributed by atoms with Gasteiger partial charge in [0.25, 0.3) is 0 Å². The van der Waals surface area contributed by atoms with E-state index < -0.39 is 0 Å². The Morgan fingerprint density at radius 1 is 1.50 bits per heavy atom. The van der Waals surface area contributed by atoms with Crippen LogP contribution in [0.4, 0.5) is 0 Å². The van der Waals surface area contributed by atoms with Gasteiger partial charge < -0.3 is 4.74 Å². The van der Waals surface area contributed by atoms with Crippen molar-refractivity contribution in [2.45, 2.75) is 38.7 Å². The van der Waals surface area contributed by atoms with E-state index in [1.54, 1.807) is 6.20 Å². The maximum absolute atomic E-state index is 5.85. The molecule has 0 radical (unpaired) electrons. The molecule has 0 aromatic carbocycles. The quantitative estimate of drug-likeness (QED) is 0.715. The predicted octanol–water partition coefficient (Wildman–Crippen LogP) is 3.40. The molecule has 2 rings (SSSR count). The van der Waals surface area contributed by atoms with Crippen molar-refractivity contribution in [1.82, 2.24) is 4.98 Å². The van der Waals surface area contributed by atoms with Gasteiger partial charge in [0.1, 0.15) is 10.9 Å². The lowest BCUT2D eigenvalue weighted by atomic mass is 10.0. The first-order chi connectivity index (χ1) is 6.66. The first kappa shape index (κ1) is 9.78. The van der Waals surface area contributed by atoms with Gasteiger partial charge in [-0.1, -0.05) is 25.4 Å². The van der Waals surface area contributed by atoms with Crippen molar-refractivity contribution < 1.29 is 4.74 Å². The highest BCUT2D eigenvalue weighted by Gasteiger charge is 2.25. The van der Waals surface area contributed by atoms with E-state index in [0.717, 1.165) is 11.3 Å². The molecule has 2 nitrogen and oxygen atoms in total. The van der Waals surface area contributed by atoms with Gasteiger partial charge in [-0.25, -0.2) is 4.98 Å². The molecule has 0 unspecified atom stereocenters. The summed E-state index contributed by atoms with van der Waals surface area (Å²) in [5.41, 5.74) is 1.15. The summed E-state index contributed by atoms with van der Waals surface area (Å²) in [7, 11) is 0. The van der Waals surface area contributed by atoms with Crippen LogP contribution in [-0.2, 0) is 0 Å². The SMILES string of the molecule is CC(C)c1cc(Cl)ncc1OC1CC1. The average Bonchev–Trinajstić information content (AvgIpc) is 2.91. The smallest absolute Gasteiger partial charge is 0.141 e. The van der Waals surface area contributed by atoms with Crippen molar-refractivity contribution in [1.29, 1.82) is 0 Å². The minimum atomic E-state index is 0.412. The Kier molecular flexibility index (Phi) is 2.64. The Morgan fingerprint density at radius 2 is 2.21 bits per heavy atom. The minimum absolute atomic E-state index is 0.412. The summed E-state index contributed by atoms with van der Waals surface area (Å²) in [6.45, 7) is 4.26. The van der Waals surface area contributed by atoms with Crippen molar-refractivity contribution in [2.75, 3.05) is 0 Å². The van der Waals surface area contributed by atoms with E-state index in [4.69, 9.17) is 16.3 Å². The molecule has 1 fully saturated rings. The number of rotatable bonds is 3. The summed E-state index contributed by atoms with van der Waals surface area (Å²) in [5.74, 6) is 1.32. The van der Waals surface area contributed by atoms with Gasteiger partial charge in [0.05, 0.1) is 12.3 Å². The lowest BCUT2D eigenvalue weighted by molar-refractivity contribution is 0.297. The zero-order valence-corrected chi connectivity index (χ0v) is 9.21. The molecule has 3 heteroatoms. The van der Waals surface area contributed by atoms with Gasteiger partial charge in [-0.2, -0.15) is 0 Å². The number of ether oxygens (including phenoxy) is 1. The first-order valence-electron chi connectivity index (χ1n) is 4.99. The molecule has 0 saturated heterocycles. The third-order valence-corrected chi connectivity index (χ3v) is 2.51. The summed E-state index contributed by atoms with van der Waals surface area (Å²) >= 11 is 5.85. The Balaban J connectivity index is 2.26. The normalized spacial score (nSPS) is 16.0. The number of hydrogen-bond donors (Lipinski definition) is 0. The molecule has 1 aromatic rings. The maximum atomic E-state index is 5.85. The molecule has 0 bridgehead atoms. The number of halogens is 1. The van der Waals surface area contributed by atoms with Gasteiger partial charge in [-0.3, -0.25) is 0 Å². The van der Waals surface area contributed by atoms with E-state index in [9.17, 15) is 0 Å². The largest absolute Gasteiger partial charge is 0.489 e. The second-order valence-electron chi connectivity index (χ2n) is 4.02. The van der Waals surface area contributed by atoms with Gasteiger partial charge in [0.15, 0.2) is 0 Å². The number of hydrogen-bond acceptors (Lipinski definition) is 2. The molecule has 0 amide bonds. The summed E-state index contributed by atoms with van der Waals surface area (Å²) < 4.78 is 5.75. The van der Waals surface area contributed by atoms with Crippen LogP contribution in [-0.4, -0.2) is 11.1 Å². The van der Waals surface area contributed by atoms with Crippen LogP contribution in [0, 0.1) is 0 Å². The molecule has 1 heterocycles. The van der Waals surface area contributed by atoms with Crippen LogP contribution in [0.5, 0.6) is 5.75 Å². The van der Waals surface area contributed by atoms with Gasteiger partial charge in [0.2, 0.25) is 0 Å². The molecular formula is C11H14ClNO. The van der Waals surface area contributed by atoms with E-state index in [1.165, 1.54) is 12.8 Å². The van der Waals surface area contributed by atoms with Gasteiger partial charge >= 0.3 is 0 Å². The Labute approximate surface area is 89.3 Å². The van der Waals surface area contributed by atoms with Crippen LogP contribution < -0.4 is 4.74 Å². The number of nitrogens with zero attached hydrogens (tertiary/aromatic N) is 1. The first-order valence-corrected chi connectivity index (χ1v) is 5.36. The number of pyridine rings is 1. The van der Waals surface area contributed by atoms with Crippen LogP contribution in [0.15, 0.2) is 12.3 Å². The van der Waals surface area contributed by atoms with E-state index in [-0.39, 0.29) is 0 Å². The van der Waals surface area contributed by atoms with Gasteiger partial charge in [-0.15, -0.1) is 0 Å². The highest BCUT2D eigenvalue weighted by Crippen LogP contribution is 2.33. The molecule has 14 heavy (non-hydrogen) atoms. The maximum Gasteiger partial charge on any atom is 0.141 e. The molecular weight excluding hydrogens is 198 g/mol. The second kappa shape index (κ2) is 3.77. The van der Waals surface area contributed by atoms with Crippen LogP contribution in [0.3, 0.4) is 0 Å². The third kappa shape index (κ3) is 2.18. The Bertz CT molecular complexity index is 334. The summed E-state index contributed by atoms with van der Waals surface area (Å²) in [4.78, 5) is 4.04. The Morgan fingerprint density at radius 3 is 2.79 bits per heavy atom. The molecule has 1 aromatic heterocycles. The fourth-order valence-electron chi connectivity index (χ4n) is 1.35. The van der Waals surface area contributed by atoms with Crippen molar-refractivity contribution in [2.24, 2.45) is 0 Å². The van der Waals surface area contributed by atoms with Crippen LogP contribution in [0.1, 0.15) is 38.2 Å². The monoisotopic (exact) mass is 211 g/mol. The molecule has 76 valence electrons. The highest BCUT2D eigenvalue weighted by atomic mass is 35.5. The summed E-state index contributed by atoms with van der Waals surface area (Å²) in [6, 6.07) is 1.89. The fraction of sp³-hybridized carbons (Fsp3) is 0.545. The molecule has 0 aliphatic heterocycles. The van der Waals surface area contributed by atoms with Crippen LogP contribution >= 0.6 is 11.6 Å². The van der Waals surface area contributed by atoms with Crippen molar-refractivity contribution in [3.05, 3.63) is 23.0 Å². The van der Waals surface area contributed by atoms with Crippen LogP contribution in [0.25, 0.3) is 0 Å². The lowest BCUT2D eigenvalue weighted by Crippen LogP contribution is -2.01. The average molecular weight is 212 g/mol. The van der Waals surface area contributed by atoms with E-state index >= 15 is 0 Å². The van der Waals surface area contributed by atoms with Crippen molar-refractivity contribution in [3.63, 3.8) is 0 Å². The van der Waals surface area contributed by atoms with E-state index in [0.29, 0.717) is 17.2 Å². The van der Waals surface area contributed by atoms with Gasteiger partial charge in [-0.05, 0) is 24.8 Å². The standard InChI is InChI=1S/C11H14ClNO/c1-7(2)9-5-11(12)13-6-10(9)14-8-3-4-8/h5-8H,3-4H2,1-2H3. The van der Waals surface area contributed by atoms with Crippen molar-refractivity contribution in [3.8, 4) is 5.75 Å². The zero-order chi connectivity index (χ0) is 10.1. The van der Waals surface area contributed by atoms with Crippen molar-refractivity contribution >= 4 is 11.6 Å². The van der Waals surface area contributed by atoms with Crippen LogP contribution in [0.2, 0.25) is 5.15 Å². The summed E-state index contributed by atoms with van der Waals surface area (Å²) in [6.07, 6.45) is 4.48. The molecule has 1 saturated carbocycles. The molecule has 1 aliphatic rings.